The van der Waals surface area contributed by atoms with Gasteiger partial charge >= 0.3 is 0 Å². The van der Waals surface area contributed by atoms with E-state index in [9.17, 15) is 9.18 Å². The van der Waals surface area contributed by atoms with Gasteiger partial charge in [0.25, 0.3) is 0 Å². The highest BCUT2D eigenvalue weighted by Gasteiger charge is 2.27. The van der Waals surface area contributed by atoms with E-state index in [0.717, 1.165) is 6.42 Å². The van der Waals surface area contributed by atoms with E-state index in [2.05, 4.69) is 30.0 Å². The first kappa shape index (κ1) is 18.9. The summed E-state index contributed by atoms with van der Waals surface area (Å²) < 4.78 is 13.7. The molecular formula is C17H23ClFN3OS. The Morgan fingerprint density at radius 2 is 2.08 bits per heavy atom. The molecular weight excluding hydrogens is 349 g/mol. The topological polar surface area (TPSA) is 53.2 Å². The van der Waals surface area contributed by atoms with Crippen LogP contribution >= 0.6 is 23.8 Å². The quantitative estimate of drug-likeness (QED) is 0.563. The van der Waals surface area contributed by atoms with Crippen molar-refractivity contribution >= 4 is 34.8 Å². The van der Waals surface area contributed by atoms with Gasteiger partial charge in [0, 0.05) is 16.6 Å². The van der Waals surface area contributed by atoms with Crippen LogP contribution in [0.25, 0.3) is 0 Å². The number of benzene rings is 1. The van der Waals surface area contributed by atoms with Gasteiger partial charge in [-0.3, -0.25) is 15.6 Å². The lowest BCUT2D eigenvalue weighted by atomic mass is 9.78. The third kappa shape index (κ3) is 5.05. The first-order valence-corrected chi connectivity index (χ1v) is 8.95. The number of hydrogen-bond acceptors (Lipinski definition) is 2. The Bertz CT molecular complexity index is 593. The number of halogens is 2. The molecule has 0 heterocycles. The molecule has 1 aromatic carbocycles. The third-order valence-corrected chi connectivity index (χ3v) is 5.31. The van der Waals surface area contributed by atoms with Crippen LogP contribution in [0, 0.1) is 17.7 Å². The number of rotatable bonds is 3. The summed E-state index contributed by atoms with van der Waals surface area (Å²) in [6.45, 7) is 4.46. The first-order valence-electron chi connectivity index (χ1n) is 8.16. The molecule has 132 valence electrons. The minimum Gasteiger partial charge on any atom is -0.358 e. The molecule has 2 rings (SSSR count). The zero-order valence-electron chi connectivity index (χ0n) is 13.9. The maximum absolute atomic E-state index is 13.7. The number of carbonyl (C=O) groups is 1. The molecule has 0 saturated heterocycles. The monoisotopic (exact) mass is 371 g/mol. The molecule has 1 aliphatic carbocycles. The van der Waals surface area contributed by atoms with Crippen molar-refractivity contribution in [1.29, 1.82) is 0 Å². The van der Waals surface area contributed by atoms with Gasteiger partial charge in [0.2, 0.25) is 5.91 Å². The normalized spacial score (nSPS) is 23.4. The molecule has 3 atom stereocenters. The zero-order valence-corrected chi connectivity index (χ0v) is 15.4. The number of hydrogen-bond donors (Lipinski definition) is 3. The Kier molecular flexibility index (Phi) is 6.80. The second kappa shape index (κ2) is 8.62. The molecule has 4 nitrogen and oxygen atoms in total. The Balaban J connectivity index is 1.80. The van der Waals surface area contributed by atoms with Crippen molar-refractivity contribution in [2.24, 2.45) is 11.8 Å². The minimum atomic E-state index is -0.497. The van der Waals surface area contributed by atoms with E-state index in [0.29, 0.717) is 23.0 Å². The summed E-state index contributed by atoms with van der Waals surface area (Å²) in [5.74, 6) is 0.267. The van der Waals surface area contributed by atoms with Crippen LogP contribution in [-0.2, 0) is 11.2 Å². The molecule has 0 radical (unpaired) electrons. The molecule has 1 aromatic rings. The van der Waals surface area contributed by atoms with Crippen LogP contribution in [0.15, 0.2) is 18.2 Å². The lowest BCUT2D eigenvalue weighted by Crippen LogP contribution is -2.52. The largest absolute Gasteiger partial charge is 0.358 e. The van der Waals surface area contributed by atoms with Gasteiger partial charge in [0.15, 0.2) is 5.11 Å². The zero-order chi connectivity index (χ0) is 17.7. The predicted octanol–water partition coefficient (Wildman–Crippen LogP) is 3.34. The van der Waals surface area contributed by atoms with Crippen molar-refractivity contribution < 1.29 is 9.18 Å². The summed E-state index contributed by atoms with van der Waals surface area (Å²) in [6, 6.07) is 4.63. The fraction of sp³-hybridized carbons (Fsp3) is 0.529. The molecule has 0 spiro atoms. The van der Waals surface area contributed by atoms with Crippen LogP contribution in [0.4, 0.5) is 4.39 Å². The summed E-state index contributed by atoms with van der Waals surface area (Å²) in [4.78, 5) is 11.9. The van der Waals surface area contributed by atoms with Gasteiger partial charge in [-0.25, -0.2) is 4.39 Å². The van der Waals surface area contributed by atoms with Crippen LogP contribution in [0.5, 0.6) is 0 Å². The third-order valence-electron chi connectivity index (χ3n) is 4.74. The second-order valence-electron chi connectivity index (χ2n) is 6.40. The molecule has 0 bridgehead atoms. The summed E-state index contributed by atoms with van der Waals surface area (Å²) in [5, 5.41) is 3.85. The number of hydrazine groups is 1. The predicted molar refractivity (Wildman–Crippen MR) is 98.1 cm³/mol. The van der Waals surface area contributed by atoms with Crippen LogP contribution in [0.2, 0.25) is 5.02 Å². The van der Waals surface area contributed by atoms with Crippen molar-refractivity contribution in [2.75, 3.05) is 0 Å². The maximum Gasteiger partial charge on any atom is 0.242 e. The van der Waals surface area contributed by atoms with E-state index in [1.807, 2.05) is 0 Å². The SMILES string of the molecule is C[C@@H]1[C@@H](C)CCC[C@H]1NC(=S)NNC(=O)Cc1c(F)cccc1Cl. The standard InChI is InChI=1S/C17H23ClFN3OS/c1-10-5-3-8-15(11(10)2)20-17(24)22-21-16(23)9-12-13(18)6-4-7-14(12)19/h4,6-7,10-11,15H,3,5,8-9H2,1-2H3,(H,21,23)(H2,20,22,24)/t10-,11+,15+/m0/s1. The lowest BCUT2D eigenvalue weighted by molar-refractivity contribution is -0.121. The van der Waals surface area contributed by atoms with Gasteiger partial charge in [-0.2, -0.15) is 0 Å². The highest BCUT2D eigenvalue weighted by Crippen LogP contribution is 2.29. The van der Waals surface area contributed by atoms with Crippen molar-refractivity contribution in [3.8, 4) is 0 Å². The molecule has 1 amide bonds. The highest BCUT2D eigenvalue weighted by molar-refractivity contribution is 7.80. The Hall–Kier alpha value is -1.40. The number of carbonyl (C=O) groups excluding carboxylic acids is 1. The van der Waals surface area contributed by atoms with Gasteiger partial charge in [-0.15, -0.1) is 0 Å². The van der Waals surface area contributed by atoms with E-state index < -0.39 is 11.7 Å². The van der Waals surface area contributed by atoms with E-state index >= 15 is 0 Å². The van der Waals surface area contributed by atoms with Crippen molar-refractivity contribution in [2.45, 2.75) is 45.6 Å². The summed E-state index contributed by atoms with van der Waals surface area (Å²) in [5.41, 5.74) is 5.34. The van der Waals surface area contributed by atoms with Gasteiger partial charge in [0.05, 0.1) is 6.42 Å². The minimum absolute atomic E-state index is 0.155. The lowest BCUT2D eigenvalue weighted by Gasteiger charge is -2.35. The average Bonchev–Trinajstić information content (AvgIpc) is 2.53. The van der Waals surface area contributed by atoms with E-state index in [4.69, 9.17) is 23.8 Å². The molecule has 1 aliphatic rings. The smallest absolute Gasteiger partial charge is 0.242 e. The Morgan fingerprint density at radius 1 is 1.33 bits per heavy atom. The van der Waals surface area contributed by atoms with Gasteiger partial charge in [-0.05, 0) is 42.6 Å². The summed E-state index contributed by atoms with van der Waals surface area (Å²) in [6.07, 6.45) is 3.31. The number of nitrogens with one attached hydrogen (secondary N) is 3. The van der Waals surface area contributed by atoms with Crippen molar-refractivity contribution in [1.82, 2.24) is 16.2 Å². The van der Waals surface area contributed by atoms with Gasteiger partial charge in [0.1, 0.15) is 5.82 Å². The van der Waals surface area contributed by atoms with E-state index in [1.165, 1.54) is 25.0 Å². The van der Waals surface area contributed by atoms with Crippen LogP contribution in [0.1, 0.15) is 38.7 Å². The summed E-state index contributed by atoms with van der Waals surface area (Å²) in [7, 11) is 0. The molecule has 1 saturated carbocycles. The van der Waals surface area contributed by atoms with Crippen LogP contribution < -0.4 is 16.2 Å². The highest BCUT2D eigenvalue weighted by atomic mass is 35.5. The van der Waals surface area contributed by atoms with Crippen LogP contribution in [0.3, 0.4) is 0 Å². The summed E-state index contributed by atoms with van der Waals surface area (Å²) >= 11 is 11.1. The number of amides is 1. The fourth-order valence-electron chi connectivity index (χ4n) is 3.02. The number of thiocarbonyl (C=S) groups is 1. The molecule has 0 unspecified atom stereocenters. The Labute approximate surface area is 152 Å². The van der Waals surface area contributed by atoms with Crippen LogP contribution in [-0.4, -0.2) is 17.1 Å². The second-order valence-corrected chi connectivity index (χ2v) is 7.21. The molecule has 0 aromatic heterocycles. The van der Waals surface area contributed by atoms with Gasteiger partial charge in [-0.1, -0.05) is 44.4 Å². The van der Waals surface area contributed by atoms with Gasteiger partial charge < -0.3 is 5.32 Å². The molecule has 0 aliphatic heterocycles. The van der Waals surface area contributed by atoms with E-state index in [1.54, 1.807) is 6.07 Å². The fourth-order valence-corrected chi connectivity index (χ4v) is 3.45. The molecule has 7 heteroatoms. The molecule has 24 heavy (non-hydrogen) atoms. The average molecular weight is 372 g/mol. The molecule has 1 fully saturated rings. The van der Waals surface area contributed by atoms with Crippen molar-refractivity contribution in [3.63, 3.8) is 0 Å². The van der Waals surface area contributed by atoms with Crippen molar-refractivity contribution in [3.05, 3.63) is 34.6 Å². The van der Waals surface area contributed by atoms with E-state index in [-0.39, 0.29) is 17.0 Å². The molecule has 3 N–H and O–H groups in total. The first-order chi connectivity index (χ1) is 11.4. The maximum atomic E-state index is 13.7. The Morgan fingerprint density at radius 3 is 2.79 bits per heavy atom.